The number of benzene rings is 1. The highest BCUT2D eigenvalue weighted by molar-refractivity contribution is 5.81. The lowest BCUT2D eigenvalue weighted by molar-refractivity contribution is 0.580. The zero-order chi connectivity index (χ0) is 15.9. The number of hydrogen-bond acceptors (Lipinski definition) is 6. The monoisotopic (exact) mass is 320 g/mol. The van der Waals surface area contributed by atoms with E-state index in [1.54, 1.807) is 12.5 Å². The predicted molar refractivity (Wildman–Crippen MR) is 91.4 cm³/mol. The predicted octanol–water partition coefficient (Wildman–Crippen LogP) is 1.10. The van der Waals surface area contributed by atoms with Crippen molar-refractivity contribution in [3.8, 4) is 5.69 Å². The Bertz CT molecular complexity index is 1010. The Hall–Kier alpha value is -3.00. The Kier molecular flexibility index (Phi) is 2.95. The summed E-state index contributed by atoms with van der Waals surface area (Å²) in [6.45, 7) is 3.74. The number of anilines is 1. The number of piperazine rings is 1. The first-order valence-electron chi connectivity index (χ1n) is 7.98. The Labute approximate surface area is 137 Å². The molecule has 8 heteroatoms. The van der Waals surface area contributed by atoms with Crippen molar-refractivity contribution in [2.45, 2.75) is 0 Å². The van der Waals surface area contributed by atoms with Crippen LogP contribution in [-0.2, 0) is 0 Å². The van der Waals surface area contributed by atoms with Crippen molar-refractivity contribution >= 4 is 28.0 Å². The molecule has 0 radical (unpaired) electrons. The summed E-state index contributed by atoms with van der Waals surface area (Å²) in [7, 11) is 0. The summed E-state index contributed by atoms with van der Waals surface area (Å²) in [6.07, 6.45) is 5.40. The number of aromatic amines is 1. The summed E-state index contributed by atoms with van der Waals surface area (Å²) in [5.74, 6) is 0.758. The van der Waals surface area contributed by atoms with E-state index >= 15 is 0 Å². The molecular formula is C16H16N8. The van der Waals surface area contributed by atoms with Crippen molar-refractivity contribution in [3.05, 3.63) is 36.9 Å². The fraction of sp³-hybridized carbons (Fsp3) is 0.250. The normalized spacial score (nSPS) is 15.4. The first kappa shape index (κ1) is 13.4. The van der Waals surface area contributed by atoms with Crippen LogP contribution in [-0.4, -0.2) is 55.9 Å². The molecule has 1 fully saturated rings. The van der Waals surface area contributed by atoms with Gasteiger partial charge < -0.3 is 10.2 Å². The highest BCUT2D eigenvalue weighted by Gasteiger charge is 2.15. The van der Waals surface area contributed by atoms with E-state index in [0.717, 1.165) is 59.9 Å². The van der Waals surface area contributed by atoms with Gasteiger partial charge in [-0.15, -0.1) is 0 Å². The van der Waals surface area contributed by atoms with Gasteiger partial charge in [-0.2, -0.15) is 10.1 Å². The summed E-state index contributed by atoms with van der Waals surface area (Å²) in [4.78, 5) is 15.9. The second-order valence-corrected chi connectivity index (χ2v) is 5.87. The molecule has 3 aromatic heterocycles. The summed E-state index contributed by atoms with van der Waals surface area (Å²) in [6, 6.07) is 6.14. The average Bonchev–Trinajstić information content (AvgIpc) is 3.27. The largest absolute Gasteiger partial charge is 0.338 e. The third-order valence-electron chi connectivity index (χ3n) is 4.38. The quantitative estimate of drug-likeness (QED) is 0.575. The third kappa shape index (κ3) is 2.11. The van der Waals surface area contributed by atoms with E-state index in [1.807, 2.05) is 22.9 Å². The van der Waals surface area contributed by atoms with Crippen LogP contribution in [0.3, 0.4) is 0 Å². The first-order chi connectivity index (χ1) is 11.9. The number of aromatic nitrogens is 6. The third-order valence-corrected chi connectivity index (χ3v) is 4.38. The van der Waals surface area contributed by atoms with Crippen LogP contribution in [0.5, 0.6) is 0 Å². The van der Waals surface area contributed by atoms with Gasteiger partial charge in [0.15, 0.2) is 5.65 Å². The Morgan fingerprint density at radius 2 is 1.96 bits per heavy atom. The SMILES string of the molecule is c1cc2cn[nH]c2cc1-n1cnc2cnc(N3CCNCC3)nc21. The fourth-order valence-electron chi connectivity index (χ4n) is 3.08. The van der Waals surface area contributed by atoms with E-state index in [4.69, 9.17) is 4.98 Å². The second-order valence-electron chi connectivity index (χ2n) is 5.87. The molecule has 5 rings (SSSR count). The van der Waals surface area contributed by atoms with Gasteiger partial charge in [0.2, 0.25) is 5.95 Å². The van der Waals surface area contributed by atoms with E-state index in [-0.39, 0.29) is 0 Å². The van der Waals surface area contributed by atoms with Gasteiger partial charge in [-0.25, -0.2) is 9.97 Å². The van der Waals surface area contributed by atoms with Gasteiger partial charge in [0.05, 0.1) is 23.6 Å². The number of nitrogens with zero attached hydrogens (tertiary/aromatic N) is 6. The van der Waals surface area contributed by atoms with Crippen molar-refractivity contribution in [1.29, 1.82) is 0 Å². The Morgan fingerprint density at radius 3 is 2.88 bits per heavy atom. The van der Waals surface area contributed by atoms with Crippen LogP contribution >= 0.6 is 0 Å². The Morgan fingerprint density at radius 1 is 1.04 bits per heavy atom. The average molecular weight is 320 g/mol. The fourth-order valence-corrected chi connectivity index (χ4v) is 3.08. The zero-order valence-electron chi connectivity index (χ0n) is 13.0. The van der Waals surface area contributed by atoms with Crippen LogP contribution in [0.25, 0.3) is 27.8 Å². The van der Waals surface area contributed by atoms with E-state index < -0.39 is 0 Å². The highest BCUT2D eigenvalue weighted by atomic mass is 15.3. The topological polar surface area (TPSA) is 87.5 Å². The molecule has 0 spiro atoms. The van der Waals surface area contributed by atoms with Crippen LogP contribution in [0, 0.1) is 0 Å². The minimum atomic E-state index is 0.758. The lowest BCUT2D eigenvalue weighted by Crippen LogP contribution is -2.44. The lowest BCUT2D eigenvalue weighted by atomic mass is 10.2. The van der Waals surface area contributed by atoms with Gasteiger partial charge in [-0.1, -0.05) is 0 Å². The molecule has 0 unspecified atom stereocenters. The number of H-pyrrole nitrogens is 1. The minimum absolute atomic E-state index is 0.758. The molecule has 0 atom stereocenters. The van der Waals surface area contributed by atoms with Gasteiger partial charge >= 0.3 is 0 Å². The summed E-state index contributed by atoms with van der Waals surface area (Å²) >= 11 is 0. The Balaban J connectivity index is 1.62. The molecule has 1 saturated heterocycles. The van der Waals surface area contributed by atoms with E-state index in [9.17, 15) is 0 Å². The molecule has 120 valence electrons. The van der Waals surface area contributed by atoms with E-state index in [0.29, 0.717) is 0 Å². The summed E-state index contributed by atoms with van der Waals surface area (Å²) < 4.78 is 1.99. The van der Waals surface area contributed by atoms with Crippen LogP contribution in [0.2, 0.25) is 0 Å². The van der Waals surface area contributed by atoms with E-state index in [2.05, 4.69) is 36.4 Å². The molecule has 0 saturated carbocycles. The summed E-state index contributed by atoms with van der Waals surface area (Å²) in [5, 5.41) is 11.5. The van der Waals surface area contributed by atoms with Gasteiger partial charge in [0, 0.05) is 31.6 Å². The highest BCUT2D eigenvalue weighted by Crippen LogP contribution is 2.21. The van der Waals surface area contributed by atoms with Gasteiger partial charge in [0.25, 0.3) is 0 Å². The molecule has 2 N–H and O–H groups in total. The maximum Gasteiger partial charge on any atom is 0.227 e. The molecular weight excluding hydrogens is 304 g/mol. The number of nitrogens with one attached hydrogen (secondary N) is 2. The second kappa shape index (κ2) is 5.27. The molecule has 1 aliphatic rings. The van der Waals surface area contributed by atoms with Crippen LogP contribution in [0.15, 0.2) is 36.9 Å². The van der Waals surface area contributed by atoms with Gasteiger partial charge in [-0.3, -0.25) is 9.67 Å². The summed E-state index contributed by atoms with van der Waals surface area (Å²) in [5.41, 5.74) is 3.60. The van der Waals surface area contributed by atoms with Crippen LogP contribution in [0.4, 0.5) is 5.95 Å². The number of hydrogen-bond donors (Lipinski definition) is 2. The smallest absolute Gasteiger partial charge is 0.227 e. The maximum atomic E-state index is 4.76. The van der Waals surface area contributed by atoms with Crippen molar-refractivity contribution in [2.75, 3.05) is 31.1 Å². The number of fused-ring (bicyclic) bond motifs is 2. The maximum absolute atomic E-state index is 4.76. The molecule has 4 aromatic rings. The molecule has 1 aromatic carbocycles. The molecule has 1 aliphatic heterocycles. The zero-order valence-corrected chi connectivity index (χ0v) is 13.0. The molecule has 0 amide bonds. The van der Waals surface area contributed by atoms with Gasteiger partial charge in [-0.05, 0) is 18.2 Å². The van der Waals surface area contributed by atoms with Crippen molar-refractivity contribution in [1.82, 2.24) is 35.0 Å². The standard InChI is InChI=1S/C16H16N8/c1-2-12(7-13-11(1)8-20-22-13)24-10-19-14-9-18-16(21-15(14)24)23-5-3-17-4-6-23/h1-2,7-10,17H,3-6H2,(H,20,22). The first-order valence-corrected chi connectivity index (χ1v) is 7.98. The van der Waals surface area contributed by atoms with Crippen molar-refractivity contribution in [3.63, 3.8) is 0 Å². The minimum Gasteiger partial charge on any atom is -0.338 e. The molecule has 24 heavy (non-hydrogen) atoms. The number of rotatable bonds is 2. The lowest BCUT2D eigenvalue weighted by Gasteiger charge is -2.27. The molecule has 0 bridgehead atoms. The molecule has 8 nitrogen and oxygen atoms in total. The van der Waals surface area contributed by atoms with Crippen LogP contribution < -0.4 is 10.2 Å². The molecule has 0 aliphatic carbocycles. The van der Waals surface area contributed by atoms with Crippen molar-refractivity contribution in [2.24, 2.45) is 0 Å². The number of imidazole rings is 1. The van der Waals surface area contributed by atoms with Crippen molar-refractivity contribution < 1.29 is 0 Å². The molecule has 4 heterocycles. The van der Waals surface area contributed by atoms with Gasteiger partial charge in [0.1, 0.15) is 11.8 Å². The van der Waals surface area contributed by atoms with Crippen LogP contribution in [0.1, 0.15) is 0 Å². The van der Waals surface area contributed by atoms with E-state index in [1.165, 1.54) is 0 Å².